The zero-order chi connectivity index (χ0) is 17.4. The van der Waals surface area contributed by atoms with Gasteiger partial charge in [-0.3, -0.25) is 10.1 Å². The third-order valence-corrected chi connectivity index (χ3v) is 6.77. The number of hydrogen-bond donors (Lipinski definition) is 1. The first-order valence-corrected chi connectivity index (χ1v) is 10.8. The molecule has 0 saturated carbocycles. The van der Waals surface area contributed by atoms with E-state index in [0.717, 1.165) is 35.9 Å². The van der Waals surface area contributed by atoms with E-state index in [1.165, 1.54) is 28.1 Å². The minimum atomic E-state index is -0.393. The second-order valence-electron chi connectivity index (χ2n) is 4.92. The average molecular weight is 407 g/mol. The number of rotatable bonds is 5. The highest BCUT2D eigenvalue weighted by atomic mass is 32.2. The van der Waals surface area contributed by atoms with Crippen molar-refractivity contribution in [2.45, 2.75) is 4.90 Å². The lowest BCUT2D eigenvalue weighted by Crippen LogP contribution is -1.88. The van der Waals surface area contributed by atoms with E-state index in [2.05, 4.69) is 27.4 Å². The Morgan fingerprint density at radius 3 is 2.84 bits per heavy atom. The first kappa shape index (κ1) is 16.5. The first-order valence-electron chi connectivity index (χ1n) is 7.03. The minimum absolute atomic E-state index is 0.0956. The van der Waals surface area contributed by atoms with Crippen LogP contribution in [0.5, 0.6) is 0 Å². The predicted octanol–water partition coefficient (Wildman–Crippen LogP) is 5.86. The lowest BCUT2D eigenvalue weighted by molar-refractivity contribution is -0.384. The van der Waals surface area contributed by atoms with Crippen LogP contribution >= 0.6 is 45.8 Å². The van der Waals surface area contributed by atoms with Crippen LogP contribution < -0.4 is 5.32 Å². The maximum atomic E-state index is 10.8. The molecule has 6 nitrogen and oxygen atoms in total. The number of benzene rings is 1. The van der Waals surface area contributed by atoms with Gasteiger partial charge in [-0.2, -0.15) is 0 Å². The Balaban J connectivity index is 1.59. The van der Waals surface area contributed by atoms with Crippen molar-refractivity contribution in [3.05, 3.63) is 45.1 Å². The second kappa shape index (κ2) is 6.71. The van der Waals surface area contributed by atoms with Crippen molar-refractivity contribution in [3.8, 4) is 10.6 Å². The molecule has 3 aromatic heterocycles. The SMILES string of the molecule is CSc1cccc2sc(Nc3nc(-c4cc([N+](=O)[O-])cs4)cs3)nc12. The summed E-state index contributed by atoms with van der Waals surface area (Å²) in [5.74, 6) is 0. The van der Waals surface area contributed by atoms with E-state index in [4.69, 9.17) is 0 Å². The van der Waals surface area contributed by atoms with E-state index in [0.29, 0.717) is 0 Å². The molecule has 1 aromatic carbocycles. The van der Waals surface area contributed by atoms with Crippen molar-refractivity contribution < 1.29 is 4.92 Å². The van der Waals surface area contributed by atoms with Crippen LogP contribution in [0.4, 0.5) is 16.0 Å². The van der Waals surface area contributed by atoms with E-state index in [1.807, 2.05) is 17.7 Å². The molecule has 0 saturated heterocycles. The number of fused-ring (bicyclic) bond motifs is 1. The molecule has 0 unspecified atom stereocenters. The highest BCUT2D eigenvalue weighted by molar-refractivity contribution is 7.98. The molecule has 4 rings (SSSR count). The Morgan fingerprint density at radius 2 is 2.08 bits per heavy atom. The Bertz CT molecular complexity index is 1070. The maximum absolute atomic E-state index is 10.8. The molecule has 0 aliphatic heterocycles. The molecule has 0 aliphatic carbocycles. The number of nitrogens with zero attached hydrogens (tertiary/aromatic N) is 3. The van der Waals surface area contributed by atoms with Crippen LogP contribution in [0.1, 0.15) is 0 Å². The molecule has 3 heterocycles. The molecule has 0 fully saturated rings. The van der Waals surface area contributed by atoms with Gasteiger partial charge in [0.15, 0.2) is 10.3 Å². The molecule has 126 valence electrons. The predicted molar refractivity (Wildman–Crippen MR) is 107 cm³/mol. The summed E-state index contributed by atoms with van der Waals surface area (Å²) in [7, 11) is 0. The number of anilines is 2. The number of nitrogens with one attached hydrogen (secondary N) is 1. The molecule has 25 heavy (non-hydrogen) atoms. The van der Waals surface area contributed by atoms with Crippen molar-refractivity contribution in [3.63, 3.8) is 0 Å². The van der Waals surface area contributed by atoms with Crippen LogP contribution in [0.2, 0.25) is 0 Å². The fourth-order valence-corrected chi connectivity index (χ4v) is 5.42. The molecule has 10 heteroatoms. The summed E-state index contributed by atoms with van der Waals surface area (Å²) in [6.07, 6.45) is 2.04. The van der Waals surface area contributed by atoms with Crippen LogP contribution in [0, 0.1) is 10.1 Å². The summed E-state index contributed by atoms with van der Waals surface area (Å²) in [6.45, 7) is 0. The fraction of sp³-hybridized carbons (Fsp3) is 0.0667. The molecule has 0 aliphatic rings. The van der Waals surface area contributed by atoms with E-state index in [1.54, 1.807) is 29.2 Å². The van der Waals surface area contributed by atoms with Crippen LogP contribution in [-0.4, -0.2) is 21.1 Å². The fourth-order valence-electron chi connectivity index (χ4n) is 2.23. The first-order chi connectivity index (χ1) is 12.1. The summed E-state index contributed by atoms with van der Waals surface area (Å²) in [4.78, 5) is 21.5. The zero-order valence-electron chi connectivity index (χ0n) is 12.8. The molecular formula is C15H10N4O2S4. The Hall–Kier alpha value is -2.01. The number of hydrogen-bond acceptors (Lipinski definition) is 9. The third kappa shape index (κ3) is 3.25. The van der Waals surface area contributed by atoms with Gasteiger partial charge in [0, 0.05) is 16.3 Å². The summed E-state index contributed by atoms with van der Waals surface area (Å²) >= 11 is 6.02. The Morgan fingerprint density at radius 1 is 1.20 bits per heavy atom. The largest absolute Gasteiger partial charge is 0.307 e. The van der Waals surface area contributed by atoms with Crippen molar-refractivity contribution in [2.75, 3.05) is 11.6 Å². The standard InChI is InChI=1S/C15H10N4O2S4/c1-22-10-3-2-4-11-13(10)17-15(25-11)18-14-16-9(7-24-14)12-5-8(6-23-12)19(20)21/h2-7H,1H3,(H,16,17,18). The lowest BCUT2D eigenvalue weighted by atomic mass is 10.3. The monoisotopic (exact) mass is 406 g/mol. The van der Waals surface area contributed by atoms with E-state index in [9.17, 15) is 10.1 Å². The molecular weight excluding hydrogens is 396 g/mol. The van der Waals surface area contributed by atoms with Gasteiger partial charge in [-0.1, -0.05) is 17.4 Å². The number of thiazole rings is 2. The number of para-hydroxylation sites is 1. The molecule has 0 spiro atoms. The zero-order valence-corrected chi connectivity index (χ0v) is 16.0. The van der Waals surface area contributed by atoms with Gasteiger partial charge in [0.2, 0.25) is 0 Å². The summed E-state index contributed by atoms with van der Waals surface area (Å²) in [5.41, 5.74) is 1.82. The molecule has 0 atom stereocenters. The number of aromatic nitrogens is 2. The van der Waals surface area contributed by atoms with Crippen LogP contribution in [0.25, 0.3) is 20.8 Å². The summed E-state index contributed by atoms with van der Waals surface area (Å²) in [5, 5.41) is 19.0. The van der Waals surface area contributed by atoms with Crippen molar-refractivity contribution in [1.82, 2.24) is 9.97 Å². The van der Waals surface area contributed by atoms with Crippen LogP contribution in [0.3, 0.4) is 0 Å². The third-order valence-electron chi connectivity index (χ3n) is 3.37. The van der Waals surface area contributed by atoms with Gasteiger partial charge >= 0.3 is 0 Å². The molecule has 0 radical (unpaired) electrons. The lowest BCUT2D eigenvalue weighted by Gasteiger charge is -1.96. The molecule has 1 N–H and O–H groups in total. The second-order valence-corrected chi connectivity index (χ2v) is 8.56. The minimum Gasteiger partial charge on any atom is -0.307 e. The normalized spacial score (nSPS) is 11.1. The van der Waals surface area contributed by atoms with Gasteiger partial charge in [-0.15, -0.1) is 34.4 Å². The Kier molecular flexibility index (Phi) is 4.42. The summed E-state index contributed by atoms with van der Waals surface area (Å²) < 4.78 is 1.13. The maximum Gasteiger partial charge on any atom is 0.280 e. The molecule has 4 aromatic rings. The number of thioether (sulfide) groups is 1. The highest BCUT2D eigenvalue weighted by Gasteiger charge is 2.14. The van der Waals surface area contributed by atoms with Crippen LogP contribution in [-0.2, 0) is 0 Å². The number of nitro groups is 1. The summed E-state index contributed by atoms with van der Waals surface area (Å²) in [6, 6.07) is 7.69. The van der Waals surface area contributed by atoms with Gasteiger partial charge < -0.3 is 5.32 Å². The van der Waals surface area contributed by atoms with Gasteiger partial charge in [-0.25, -0.2) is 9.97 Å². The Labute approximate surface area is 158 Å². The van der Waals surface area contributed by atoms with Gasteiger partial charge in [0.25, 0.3) is 5.69 Å². The van der Waals surface area contributed by atoms with Gasteiger partial charge in [0.05, 0.1) is 31.1 Å². The smallest absolute Gasteiger partial charge is 0.280 e. The highest BCUT2D eigenvalue weighted by Crippen LogP contribution is 2.36. The van der Waals surface area contributed by atoms with Crippen LogP contribution in [0.15, 0.2) is 39.9 Å². The average Bonchev–Trinajstić information content (AvgIpc) is 3.32. The topological polar surface area (TPSA) is 81.0 Å². The van der Waals surface area contributed by atoms with Crippen molar-refractivity contribution in [2.24, 2.45) is 0 Å². The van der Waals surface area contributed by atoms with E-state index < -0.39 is 4.92 Å². The molecule has 0 amide bonds. The molecule has 0 bridgehead atoms. The quantitative estimate of drug-likeness (QED) is 0.254. The van der Waals surface area contributed by atoms with E-state index in [-0.39, 0.29) is 5.69 Å². The van der Waals surface area contributed by atoms with E-state index >= 15 is 0 Å². The van der Waals surface area contributed by atoms with Gasteiger partial charge in [-0.05, 0) is 18.4 Å². The van der Waals surface area contributed by atoms with Crippen molar-refractivity contribution in [1.29, 1.82) is 0 Å². The van der Waals surface area contributed by atoms with Gasteiger partial charge in [0.1, 0.15) is 0 Å². The number of thiophene rings is 1. The van der Waals surface area contributed by atoms with Crippen molar-refractivity contribution >= 4 is 71.9 Å².